The number of carbonyl (C=O) groups excluding carboxylic acids is 2. The molecule has 0 radical (unpaired) electrons. The predicted molar refractivity (Wildman–Crippen MR) is 99.9 cm³/mol. The number of hydrogen-bond donors (Lipinski definition) is 0. The number of likely N-dealkylation sites (tertiary alicyclic amines) is 1. The van der Waals surface area contributed by atoms with Gasteiger partial charge < -0.3 is 14.5 Å². The maximum Gasteiger partial charge on any atom is 0.338 e. The summed E-state index contributed by atoms with van der Waals surface area (Å²) in [6, 6.07) is 7.77. The summed E-state index contributed by atoms with van der Waals surface area (Å²) >= 11 is 0. The van der Waals surface area contributed by atoms with E-state index < -0.39 is 5.97 Å². The fourth-order valence-electron chi connectivity index (χ4n) is 3.60. The lowest BCUT2D eigenvalue weighted by Crippen LogP contribution is -2.49. The van der Waals surface area contributed by atoms with Gasteiger partial charge in [-0.05, 0) is 71.2 Å². The molecule has 1 amide bonds. The molecule has 1 aliphatic heterocycles. The predicted octanol–water partition coefficient (Wildman–Crippen LogP) is 3.48. The number of ether oxygens (including phenoxy) is 1. The Hall–Kier alpha value is -2.04. The van der Waals surface area contributed by atoms with E-state index >= 15 is 0 Å². The fraction of sp³-hybridized carbons (Fsp3) is 0.600. The molecule has 0 saturated carbocycles. The molecule has 0 bridgehead atoms. The molecule has 0 unspecified atom stereocenters. The molecule has 25 heavy (non-hydrogen) atoms. The van der Waals surface area contributed by atoms with E-state index in [9.17, 15) is 9.59 Å². The van der Waals surface area contributed by atoms with Crippen molar-refractivity contribution in [3.8, 4) is 0 Å². The van der Waals surface area contributed by atoms with Gasteiger partial charge in [0, 0.05) is 30.9 Å². The SMILES string of the molecule is CCN(CC)c1ccc(C(=O)OCC(=O)N2[C@H](C)CCC[C@H]2C)cc1. The number of hydrogen-bond acceptors (Lipinski definition) is 4. The van der Waals surface area contributed by atoms with Crippen LogP contribution in [0.5, 0.6) is 0 Å². The molecule has 0 aliphatic carbocycles. The number of nitrogens with zero attached hydrogens (tertiary/aromatic N) is 2. The largest absolute Gasteiger partial charge is 0.452 e. The van der Waals surface area contributed by atoms with Crippen LogP contribution in [0.2, 0.25) is 0 Å². The Kier molecular flexibility index (Phi) is 6.85. The molecule has 1 heterocycles. The third-order valence-corrected chi connectivity index (χ3v) is 5.04. The van der Waals surface area contributed by atoms with Crippen molar-refractivity contribution in [1.29, 1.82) is 0 Å². The van der Waals surface area contributed by atoms with E-state index in [0.29, 0.717) is 5.56 Å². The molecule has 2 rings (SSSR count). The summed E-state index contributed by atoms with van der Waals surface area (Å²) in [6.45, 7) is 9.95. The number of benzene rings is 1. The van der Waals surface area contributed by atoms with E-state index in [1.165, 1.54) is 0 Å². The number of piperidine rings is 1. The number of anilines is 1. The standard InChI is InChI=1S/C20H30N2O3/c1-5-21(6-2)18-12-10-17(11-13-18)20(24)25-14-19(23)22-15(3)8-7-9-16(22)4/h10-13,15-16H,5-9,14H2,1-4H3/t15-,16-/m1/s1. The van der Waals surface area contributed by atoms with Crippen molar-refractivity contribution in [2.45, 2.75) is 59.0 Å². The first kappa shape index (κ1) is 19.3. The molecule has 2 atom stereocenters. The Morgan fingerprint density at radius 2 is 1.64 bits per heavy atom. The van der Waals surface area contributed by atoms with E-state index in [4.69, 9.17) is 4.74 Å². The van der Waals surface area contributed by atoms with E-state index in [-0.39, 0.29) is 24.6 Å². The van der Waals surface area contributed by atoms with Crippen LogP contribution in [0, 0.1) is 0 Å². The lowest BCUT2D eigenvalue weighted by atomic mass is 9.97. The average Bonchev–Trinajstić information content (AvgIpc) is 2.61. The summed E-state index contributed by atoms with van der Waals surface area (Å²) in [5.74, 6) is -0.551. The molecule has 0 N–H and O–H groups in total. The van der Waals surface area contributed by atoms with Gasteiger partial charge in [-0.3, -0.25) is 4.79 Å². The summed E-state index contributed by atoms with van der Waals surface area (Å²) in [4.78, 5) is 28.7. The molecule has 0 spiro atoms. The first-order chi connectivity index (χ1) is 12.0. The second-order valence-corrected chi connectivity index (χ2v) is 6.73. The van der Waals surface area contributed by atoms with Gasteiger partial charge in [0.25, 0.3) is 5.91 Å². The third kappa shape index (κ3) is 4.74. The van der Waals surface area contributed by atoms with Crippen LogP contribution in [-0.4, -0.2) is 48.6 Å². The van der Waals surface area contributed by atoms with Crippen LogP contribution < -0.4 is 4.90 Å². The number of rotatable bonds is 6. The normalized spacial score (nSPS) is 20.2. The van der Waals surface area contributed by atoms with Crippen molar-refractivity contribution in [3.05, 3.63) is 29.8 Å². The quantitative estimate of drug-likeness (QED) is 0.740. The van der Waals surface area contributed by atoms with Crippen molar-refractivity contribution in [1.82, 2.24) is 4.90 Å². The lowest BCUT2D eigenvalue weighted by Gasteiger charge is -2.38. The molecule has 0 aromatic heterocycles. The monoisotopic (exact) mass is 346 g/mol. The summed E-state index contributed by atoms with van der Waals surface area (Å²) in [6.07, 6.45) is 3.17. The van der Waals surface area contributed by atoms with Crippen molar-refractivity contribution in [3.63, 3.8) is 0 Å². The highest BCUT2D eigenvalue weighted by Crippen LogP contribution is 2.22. The zero-order valence-corrected chi connectivity index (χ0v) is 15.8. The minimum atomic E-state index is -0.447. The summed E-state index contributed by atoms with van der Waals surface area (Å²) in [7, 11) is 0. The van der Waals surface area contributed by atoms with Crippen LogP contribution in [0.3, 0.4) is 0 Å². The Morgan fingerprint density at radius 3 is 2.16 bits per heavy atom. The number of carbonyl (C=O) groups is 2. The van der Waals surface area contributed by atoms with Crippen molar-refractivity contribution < 1.29 is 14.3 Å². The lowest BCUT2D eigenvalue weighted by molar-refractivity contribution is -0.140. The van der Waals surface area contributed by atoms with Crippen molar-refractivity contribution in [2.24, 2.45) is 0 Å². The van der Waals surface area contributed by atoms with Gasteiger partial charge >= 0.3 is 5.97 Å². The topological polar surface area (TPSA) is 49.9 Å². The molecule has 1 fully saturated rings. The second-order valence-electron chi connectivity index (χ2n) is 6.73. The first-order valence-electron chi connectivity index (χ1n) is 9.31. The number of amides is 1. The second kappa shape index (κ2) is 8.88. The zero-order chi connectivity index (χ0) is 18.4. The highest BCUT2D eigenvalue weighted by atomic mass is 16.5. The minimum absolute atomic E-state index is 0.104. The third-order valence-electron chi connectivity index (χ3n) is 5.04. The molecule has 5 nitrogen and oxygen atoms in total. The molecule has 1 saturated heterocycles. The van der Waals surface area contributed by atoms with Crippen LogP contribution in [0.15, 0.2) is 24.3 Å². The molecule has 1 aliphatic rings. The van der Waals surface area contributed by atoms with E-state index in [0.717, 1.165) is 38.0 Å². The molecular formula is C20H30N2O3. The average molecular weight is 346 g/mol. The van der Waals surface area contributed by atoms with Gasteiger partial charge in [0.05, 0.1) is 5.56 Å². The smallest absolute Gasteiger partial charge is 0.338 e. The van der Waals surface area contributed by atoms with Gasteiger partial charge in [-0.25, -0.2) is 4.79 Å². The van der Waals surface area contributed by atoms with E-state index in [1.54, 1.807) is 12.1 Å². The van der Waals surface area contributed by atoms with Crippen LogP contribution in [-0.2, 0) is 9.53 Å². The van der Waals surface area contributed by atoms with E-state index in [2.05, 4.69) is 32.6 Å². The molecule has 5 heteroatoms. The maximum atomic E-state index is 12.4. The highest BCUT2D eigenvalue weighted by Gasteiger charge is 2.29. The summed E-state index contributed by atoms with van der Waals surface area (Å²) < 4.78 is 5.25. The van der Waals surface area contributed by atoms with Crippen LogP contribution in [0.4, 0.5) is 5.69 Å². The Morgan fingerprint density at radius 1 is 1.08 bits per heavy atom. The minimum Gasteiger partial charge on any atom is -0.452 e. The molecule has 1 aromatic rings. The van der Waals surface area contributed by atoms with Gasteiger partial charge in [0.15, 0.2) is 6.61 Å². The van der Waals surface area contributed by atoms with Gasteiger partial charge in [0.2, 0.25) is 0 Å². The zero-order valence-electron chi connectivity index (χ0n) is 15.8. The Bertz CT molecular complexity index is 571. The van der Waals surface area contributed by atoms with Gasteiger partial charge in [0.1, 0.15) is 0 Å². The highest BCUT2D eigenvalue weighted by molar-refractivity contribution is 5.91. The van der Waals surface area contributed by atoms with Gasteiger partial charge in [-0.1, -0.05) is 0 Å². The van der Waals surface area contributed by atoms with Crippen molar-refractivity contribution >= 4 is 17.6 Å². The van der Waals surface area contributed by atoms with Crippen LogP contribution in [0.25, 0.3) is 0 Å². The van der Waals surface area contributed by atoms with Gasteiger partial charge in [-0.2, -0.15) is 0 Å². The van der Waals surface area contributed by atoms with Crippen LogP contribution >= 0.6 is 0 Å². The molecular weight excluding hydrogens is 316 g/mol. The van der Waals surface area contributed by atoms with Crippen molar-refractivity contribution in [2.75, 3.05) is 24.6 Å². The Balaban J connectivity index is 1.92. The Labute approximate surface area is 150 Å². The summed E-state index contributed by atoms with van der Waals surface area (Å²) in [5.41, 5.74) is 1.55. The molecule has 1 aromatic carbocycles. The maximum absolute atomic E-state index is 12.4. The molecule has 138 valence electrons. The van der Waals surface area contributed by atoms with Crippen LogP contribution in [0.1, 0.15) is 57.3 Å². The first-order valence-corrected chi connectivity index (χ1v) is 9.31. The van der Waals surface area contributed by atoms with Gasteiger partial charge in [-0.15, -0.1) is 0 Å². The fourth-order valence-corrected chi connectivity index (χ4v) is 3.60. The van der Waals surface area contributed by atoms with E-state index in [1.807, 2.05) is 17.0 Å². The summed E-state index contributed by atoms with van der Waals surface area (Å²) in [5, 5.41) is 0. The number of esters is 1.